The number of hydrogen-bond acceptors (Lipinski definition) is 4. The first-order valence-corrected chi connectivity index (χ1v) is 7.86. The number of rotatable bonds is 4. The topological polar surface area (TPSA) is 60.5 Å². The summed E-state index contributed by atoms with van der Waals surface area (Å²) >= 11 is 0. The minimum Gasteiger partial charge on any atom is -0.439 e. The quantitative estimate of drug-likeness (QED) is 0.584. The number of nitrogens with zero attached hydrogens (tertiary/aromatic N) is 1. The number of pyridine rings is 1. The van der Waals surface area contributed by atoms with Gasteiger partial charge >= 0.3 is 12.3 Å². The number of anilines is 1. The fraction of sp³-hybridized carbons (Fsp3) is 0.0526. The number of carbonyl (C=O) groups is 1. The number of benzene rings is 2. The third-order valence-electron chi connectivity index (χ3n) is 3.37. The molecule has 9 heteroatoms. The van der Waals surface area contributed by atoms with Crippen molar-refractivity contribution < 1.29 is 31.8 Å². The molecule has 2 aromatic carbocycles. The van der Waals surface area contributed by atoms with Gasteiger partial charge in [0.1, 0.15) is 11.6 Å². The normalized spacial score (nSPS) is 11.0. The summed E-state index contributed by atoms with van der Waals surface area (Å²) in [6.07, 6.45) is -5.38. The van der Waals surface area contributed by atoms with Gasteiger partial charge in [0.05, 0.1) is 5.56 Å². The van der Waals surface area contributed by atoms with Gasteiger partial charge in [-0.05, 0) is 42.5 Å². The molecule has 1 heterocycles. The van der Waals surface area contributed by atoms with Crippen LogP contribution in [0.5, 0.6) is 17.5 Å². The van der Waals surface area contributed by atoms with Crippen molar-refractivity contribution in [3.63, 3.8) is 0 Å². The van der Waals surface area contributed by atoms with Gasteiger partial charge in [0, 0.05) is 17.8 Å². The number of carbonyl (C=O) groups excluding carboxylic acids is 1. The Morgan fingerprint density at radius 3 is 2.32 bits per heavy atom. The van der Waals surface area contributed by atoms with Crippen LogP contribution in [0.1, 0.15) is 5.56 Å². The summed E-state index contributed by atoms with van der Waals surface area (Å²) < 4.78 is 61.4. The molecule has 0 aliphatic carbocycles. The standard InChI is InChI=1S/C19H12F4N2O3/c20-13-7-9-14(10-8-13)24-18(26)28-17-6-2-5-16(25-17)27-15-4-1-3-12(11-15)19(21,22)23/h1-11H,(H,24,26). The fourth-order valence-electron chi connectivity index (χ4n) is 2.14. The molecule has 28 heavy (non-hydrogen) atoms. The summed E-state index contributed by atoms with van der Waals surface area (Å²) in [5.41, 5.74) is -0.557. The average Bonchev–Trinajstić information content (AvgIpc) is 2.63. The van der Waals surface area contributed by atoms with Crippen molar-refractivity contribution in [3.8, 4) is 17.5 Å². The van der Waals surface area contributed by atoms with Crippen LogP contribution in [-0.4, -0.2) is 11.1 Å². The molecular formula is C19H12F4N2O3. The number of halogens is 4. The lowest BCUT2D eigenvalue weighted by atomic mass is 10.2. The zero-order chi connectivity index (χ0) is 20.1. The van der Waals surface area contributed by atoms with E-state index in [0.29, 0.717) is 5.69 Å². The third kappa shape index (κ3) is 5.19. The fourth-order valence-corrected chi connectivity index (χ4v) is 2.14. The maximum absolute atomic E-state index is 12.9. The average molecular weight is 392 g/mol. The van der Waals surface area contributed by atoms with Crippen LogP contribution in [0.15, 0.2) is 66.7 Å². The van der Waals surface area contributed by atoms with E-state index in [4.69, 9.17) is 9.47 Å². The number of aromatic nitrogens is 1. The van der Waals surface area contributed by atoms with E-state index in [1.54, 1.807) is 0 Å². The Labute approximate surface area is 156 Å². The van der Waals surface area contributed by atoms with Crippen LogP contribution in [0.4, 0.5) is 28.0 Å². The van der Waals surface area contributed by atoms with E-state index in [0.717, 1.165) is 24.3 Å². The molecule has 0 atom stereocenters. The Morgan fingerprint density at radius 2 is 1.61 bits per heavy atom. The van der Waals surface area contributed by atoms with Crippen LogP contribution in [0.25, 0.3) is 0 Å². The molecule has 0 spiro atoms. The molecule has 0 saturated carbocycles. The van der Waals surface area contributed by atoms with Crippen molar-refractivity contribution >= 4 is 11.8 Å². The highest BCUT2D eigenvalue weighted by atomic mass is 19.4. The molecule has 3 aromatic rings. The summed E-state index contributed by atoms with van der Waals surface area (Å²) in [5, 5.41) is 2.38. The van der Waals surface area contributed by atoms with Gasteiger partial charge in [-0.15, -0.1) is 0 Å². The third-order valence-corrected chi connectivity index (χ3v) is 3.37. The highest BCUT2D eigenvalue weighted by Gasteiger charge is 2.30. The monoisotopic (exact) mass is 392 g/mol. The maximum atomic E-state index is 12.9. The number of ether oxygens (including phenoxy) is 2. The predicted octanol–water partition coefficient (Wildman–Crippen LogP) is 5.64. The first kappa shape index (κ1) is 19.2. The summed E-state index contributed by atoms with van der Waals surface area (Å²) in [4.78, 5) is 15.8. The van der Waals surface area contributed by atoms with Crippen LogP contribution in [-0.2, 0) is 6.18 Å². The van der Waals surface area contributed by atoms with Crippen LogP contribution in [0.3, 0.4) is 0 Å². The summed E-state index contributed by atoms with van der Waals surface area (Å²) in [5.74, 6) is -0.731. The minimum atomic E-state index is -4.50. The van der Waals surface area contributed by atoms with Crippen molar-refractivity contribution in [2.45, 2.75) is 6.18 Å². The van der Waals surface area contributed by atoms with Crippen molar-refractivity contribution in [2.24, 2.45) is 0 Å². The predicted molar refractivity (Wildman–Crippen MR) is 91.8 cm³/mol. The van der Waals surface area contributed by atoms with Crippen molar-refractivity contribution in [1.29, 1.82) is 0 Å². The highest BCUT2D eigenvalue weighted by Crippen LogP contribution is 2.32. The maximum Gasteiger partial charge on any atom is 0.418 e. The molecule has 0 unspecified atom stereocenters. The van der Waals surface area contributed by atoms with E-state index in [1.807, 2.05) is 0 Å². The summed E-state index contributed by atoms with van der Waals surface area (Å²) in [6, 6.07) is 13.5. The Morgan fingerprint density at radius 1 is 0.929 bits per heavy atom. The van der Waals surface area contributed by atoms with E-state index in [9.17, 15) is 22.4 Å². The van der Waals surface area contributed by atoms with E-state index in [2.05, 4.69) is 10.3 Å². The minimum absolute atomic E-state index is 0.0635. The Bertz CT molecular complexity index is 975. The SMILES string of the molecule is O=C(Nc1ccc(F)cc1)Oc1cccc(Oc2cccc(C(F)(F)F)c2)n1. The molecule has 144 valence electrons. The second-order valence-corrected chi connectivity index (χ2v) is 5.46. The van der Waals surface area contributed by atoms with Crippen LogP contribution < -0.4 is 14.8 Å². The first-order valence-electron chi connectivity index (χ1n) is 7.86. The van der Waals surface area contributed by atoms with Crippen molar-refractivity contribution in [2.75, 3.05) is 5.32 Å². The second-order valence-electron chi connectivity index (χ2n) is 5.46. The van der Waals surface area contributed by atoms with Crippen LogP contribution >= 0.6 is 0 Å². The molecule has 0 aliphatic rings. The Balaban J connectivity index is 1.67. The van der Waals surface area contributed by atoms with Gasteiger partial charge in [-0.25, -0.2) is 9.18 Å². The lowest BCUT2D eigenvalue weighted by molar-refractivity contribution is -0.137. The largest absolute Gasteiger partial charge is 0.439 e. The molecule has 1 amide bonds. The molecule has 0 aliphatic heterocycles. The molecular weight excluding hydrogens is 380 g/mol. The lowest BCUT2D eigenvalue weighted by Crippen LogP contribution is -2.17. The van der Waals surface area contributed by atoms with Gasteiger partial charge in [0.15, 0.2) is 0 Å². The number of alkyl halides is 3. The van der Waals surface area contributed by atoms with Gasteiger partial charge in [0.2, 0.25) is 11.8 Å². The smallest absolute Gasteiger partial charge is 0.418 e. The molecule has 5 nitrogen and oxygen atoms in total. The number of hydrogen-bond donors (Lipinski definition) is 1. The second kappa shape index (κ2) is 7.95. The number of nitrogens with one attached hydrogen (secondary N) is 1. The molecule has 0 bridgehead atoms. The molecule has 0 saturated heterocycles. The summed E-state index contributed by atoms with van der Waals surface area (Å²) in [7, 11) is 0. The molecule has 3 rings (SSSR count). The van der Waals surface area contributed by atoms with Gasteiger partial charge in [-0.1, -0.05) is 12.1 Å². The summed E-state index contributed by atoms with van der Waals surface area (Å²) in [6.45, 7) is 0. The molecule has 1 aromatic heterocycles. The zero-order valence-electron chi connectivity index (χ0n) is 14.0. The van der Waals surface area contributed by atoms with Crippen LogP contribution in [0, 0.1) is 5.82 Å². The lowest BCUT2D eigenvalue weighted by Gasteiger charge is -2.10. The van der Waals surface area contributed by atoms with Crippen LogP contribution in [0.2, 0.25) is 0 Å². The Kier molecular flexibility index (Phi) is 5.44. The molecule has 1 N–H and O–H groups in total. The van der Waals surface area contributed by atoms with E-state index < -0.39 is 23.7 Å². The molecule has 0 fully saturated rings. The zero-order valence-corrected chi connectivity index (χ0v) is 14.0. The van der Waals surface area contributed by atoms with Gasteiger partial charge in [0.25, 0.3) is 0 Å². The van der Waals surface area contributed by atoms with Crippen molar-refractivity contribution in [1.82, 2.24) is 4.98 Å². The number of amides is 1. The first-order chi connectivity index (χ1) is 13.3. The van der Waals surface area contributed by atoms with Gasteiger partial charge in [-0.2, -0.15) is 18.2 Å². The van der Waals surface area contributed by atoms with E-state index >= 15 is 0 Å². The molecule has 0 radical (unpaired) electrons. The van der Waals surface area contributed by atoms with E-state index in [1.165, 1.54) is 42.5 Å². The highest BCUT2D eigenvalue weighted by molar-refractivity contribution is 5.85. The van der Waals surface area contributed by atoms with E-state index in [-0.39, 0.29) is 17.5 Å². The Hall–Kier alpha value is -3.62. The van der Waals surface area contributed by atoms with Gasteiger partial charge in [-0.3, -0.25) is 5.32 Å². The van der Waals surface area contributed by atoms with Crippen molar-refractivity contribution in [3.05, 3.63) is 78.1 Å². The van der Waals surface area contributed by atoms with Gasteiger partial charge < -0.3 is 9.47 Å².